The van der Waals surface area contributed by atoms with E-state index in [1.807, 2.05) is 0 Å². The molecule has 194 valence electrons. The minimum atomic E-state index is -4.80. The Balaban J connectivity index is 1.54. The van der Waals surface area contributed by atoms with Crippen LogP contribution in [0.4, 0.5) is 23.2 Å². The molecule has 0 radical (unpaired) electrons. The maximum Gasteiger partial charge on any atom is 0.403 e. The van der Waals surface area contributed by atoms with Gasteiger partial charge in [-0.3, -0.25) is 24.0 Å². The largest absolute Gasteiger partial charge is 0.403 e. The Hall–Kier alpha value is -3.51. The Morgan fingerprint density at radius 2 is 1.81 bits per heavy atom. The molecule has 0 bridgehead atoms. The van der Waals surface area contributed by atoms with Crippen molar-refractivity contribution in [1.29, 1.82) is 0 Å². The quantitative estimate of drug-likeness (QED) is 0.295. The zero-order chi connectivity index (χ0) is 26.3. The first-order chi connectivity index (χ1) is 16.9. The van der Waals surface area contributed by atoms with E-state index in [0.29, 0.717) is 31.9 Å². The number of rotatable bonds is 9. The highest BCUT2D eigenvalue weighted by molar-refractivity contribution is 6.38. The Kier molecular flexibility index (Phi) is 6.76. The first kappa shape index (κ1) is 25.6. The van der Waals surface area contributed by atoms with E-state index in [1.165, 1.54) is 0 Å². The number of hydrogen-bond acceptors (Lipinski definition) is 5. The van der Waals surface area contributed by atoms with Crippen molar-refractivity contribution >= 4 is 35.1 Å². The van der Waals surface area contributed by atoms with Crippen LogP contribution in [0.5, 0.6) is 0 Å². The summed E-state index contributed by atoms with van der Waals surface area (Å²) in [5.41, 5.74) is -3.50. The molecule has 1 heterocycles. The minimum absolute atomic E-state index is 0.152. The highest BCUT2D eigenvalue weighted by atomic mass is 19.4. The second kappa shape index (κ2) is 9.51. The maximum absolute atomic E-state index is 14.0. The van der Waals surface area contributed by atoms with Gasteiger partial charge in [0.2, 0.25) is 17.6 Å². The van der Waals surface area contributed by atoms with Crippen molar-refractivity contribution in [2.75, 3.05) is 11.9 Å². The summed E-state index contributed by atoms with van der Waals surface area (Å²) < 4.78 is 53.9. The number of alkyl halides is 3. The molecule has 1 saturated heterocycles. The van der Waals surface area contributed by atoms with Crippen molar-refractivity contribution in [3.8, 4) is 0 Å². The van der Waals surface area contributed by atoms with E-state index >= 15 is 0 Å². The van der Waals surface area contributed by atoms with Gasteiger partial charge in [0.15, 0.2) is 0 Å². The lowest BCUT2D eigenvalue weighted by Gasteiger charge is -2.22. The van der Waals surface area contributed by atoms with Gasteiger partial charge in [-0.2, -0.15) is 13.2 Å². The molecule has 1 aromatic rings. The summed E-state index contributed by atoms with van der Waals surface area (Å²) in [6.07, 6.45) is -4.07. The number of halogens is 4. The van der Waals surface area contributed by atoms with E-state index in [0.717, 1.165) is 12.1 Å². The molecule has 4 rings (SSSR count). The third-order valence-electron chi connectivity index (χ3n) is 6.64. The fourth-order valence-electron chi connectivity index (χ4n) is 4.08. The number of anilines is 1. The molecule has 1 aliphatic heterocycles. The van der Waals surface area contributed by atoms with Crippen LogP contribution in [-0.2, 0) is 19.2 Å². The first-order valence-electron chi connectivity index (χ1n) is 11.5. The summed E-state index contributed by atoms with van der Waals surface area (Å²) in [4.78, 5) is 62.6. The lowest BCUT2D eigenvalue weighted by molar-refractivity contribution is -0.189. The molecule has 2 atom stereocenters. The van der Waals surface area contributed by atoms with Crippen molar-refractivity contribution in [1.82, 2.24) is 16.0 Å². The summed E-state index contributed by atoms with van der Waals surface area (Å²) >= 11 is 0. The molecular formula is C23H24F4N4O5. The van der Waals surface area contributed by atoms with Crippen molar-refractivity contribution in [2.24, 2.45) is 11.3 Å². The minimum Gasteiger partial charge on any atom is -0.356 e. The Labute approximate surface area is 202 Å². The SMILES string of the molecule is O=C(NC1CC1)C(=O)C(C[C@@H]1CCNC1=O)NC(=O)c1cc(F)ccc1NC(=O)C1(C(F)(F)F)CC1. The monoisotopic (exact) mass is 512 g/mol. The molecule has 9 nitrogen and oxygen atoms in total. The molecule has 0 spiro atoms. The van der Waals surface area contributed by atoms with Crippen LogP contribution in [0.2, 0.25) is 0 Å². The lowest BCUT2D eigenvalue weighted by Crippen LogP contribution is -2.49. The fourth-order valence-corrected chi connectivity index (χ4v) is 4.08. The van der Waals surface area contributed by atoms with Crippen molar-refractivity contribution in [3.63, 3.8) is 0 Å². The topological polar surface area (TPSA) is 133 Å². The predicted octanol–water partition coefficient (Wildman–Crippen LogP) is 1.58. The standard InChI is InChI=1S/C23H24F4N4O5/c24-12-1-4-15(31-21(36)22(6-7-22)23(25,26)27)14(10-12)19(34)30-16(9-11-5-8-28-18(11)33)17(32)20(35)29-13-2-3-13/h1,4,10-11,13,16H,2-3,5-9H2,(H,28,33)(H,29,35)(H,30,34)(H,31,36)/t11-,16?/m0/s1. The lowest BCUT2D eigenvalue weighted by atomic mass is 9.95. The number of nitrogens with one attached hydrogen (secondary N) is 4. The van der Waals surface area contributed by atoms with Crippen LogP contribution in [0.1, 0.15) is 48.9 Å². The summed E-state index contributed by atoms with van der Waals surface area (Å²) in [5, 5.41) is 9.46. The highest BCUT2D eigenvalue weighted by Crippen LogP contribution is 2.58. The van der Waals surface area contributed by atoms with Gasteiger partial charge in [-0.05, 0) is 56.7 Å². The number of Topliss-reactive ketones (excluding diaryl/α,β-unsaturated/α-hetero) is 1. The van der Waals surface area contributed by atoms with Gasteiger partial charge in [0.25, 0.3) is 11.8 Å². The Morgan fingerprint density at radius 1 is 1.11 bits per heavy atom. The number of hydrogen-bond donors (Lipinski definition) is 4. The van der Waals surface area contributed by atoms with Gasteiger partial charge in [0.1, 0.15) is 11.2 Å². The van der Waals surface area contributed by atoms with Crippen LogP contribution < -0.4 is 21.3 Å². The smallest absolute Gasteiger partial charge is 0.356 e. The molecule has 13 heteroatoms. The summed E-state index contributed by atoms with van der Waals surface area (Å²) in [6, 6.07) is 0.888. The van der Waals surface area contributed by atoms with E-state index in [2.05, 4.69) is 21.3 Å². The van der Waals surface area contributed by atoms with Crippen LogP contribution in [-0.4, -0.2) is 54.2 Å². The Bertz CT molecular complexity index is 1110. The highest BCUT2D eigenvalue weighted by Gasteiger charge is 2.68. The Morgan fingerprint density at radius 3 is 2.36 bits per heavy atom. The van der Waals surface area contributed by atoms with Crippen LogP contribution in [0, 0.1) is 17.2 Å². The van der Waals surface area contributed by atoms with Crippen LogP contribution >= 0.6 is 0 Å². The zero-order valence-corrected chi connectivity index (χ0v) is 19.0. The molecule has 4 amide bonds. The van der Waals surface area contributed by atoms with E-state index in [-0.39, 0.29) is 24.1 Å². The second-order valence-electron chi connectivity index (χ2n) is 9.37. The summed E-state index contributed by atoms with van der Waals surface area (Å²) in [7, 11) is 0. The fraction of sp³-hybridized carbons (Fsp3) is 0.522. The maximum atomic E-state index is 14.0. The van der Waals surface area contributed by atoms with E-state index in [1.54, 1.807) is 0 Å². The zero-order valence-electron chi connectivity index (χ0n) is 19.0. The van der Waals surface area contributed by atoms with Crippen molar-refractivity contribution in [3.05, 3.63) is 29.6 Å². The van der Waals surface area contributed by atoms with Crippen LogP contribution in [0.25, 0.3) is 0 Å². The average Bonchev–Trinajstić information content (AvgIpc) is 3.73. The molecule has 0 aromatic heterocycles. The molecule has 1 aromatic carbocycles. The number of ketones is 1. The number of benzene rings is 1. The van der Waals surface area contributed by atoms with Gasteiger partial charge in [0, 0.05) is 18.5 Å². The average molecular weight is 512 g/mol. The molecule has 2 aliphatic carbocycles. The normalized spacial score (nSPS) is 21.2. The van der Waals surface area contributed by atoms with Crippen molar-refractivity contribution in [2.45, 2.75) is 56.8 Å². The molecular weight excluding hydrogens is 488 g/mol. The predicted molar refractivity (Wildman–Crippen MR) is 116 cm³/mol. The van der Waals surface area contributed by atoms with Gasteiger partial charge in [-0.15, -0.1) is 0 Å². The van der Waals surface area contributed by atoms with Gasteiger partial charge < -0.3 is 21.3 Å². The molecule has 36 heavy (non-hydrogen) atoms. The van der Waals surface area contributed by atoms with E-state index < -0.39 is 71.3 Å². The number of carbonyl (C=O) groups excluding carboxylic acids is 5. The third-order valence-corrected chi connectivity index (χ3v) is 6.64. The van der Waals surface area contributed by atoms with Gasteiger partial charge in [-0.25, -0.2) is 4.39 Å². The molecule has 1 unspecified atom stereocenters. The summed E-state index contributed by atoms with van der Waals surface area (Å²) in [5.74, 6) is -6.38. The number of amides is 4. The van der Waals surface area contributed by atoms with Gasteiger partial charge in [0.05, 0.1) is 17.3 Å². The molecule has 2 saturated carbocycles. The molecule has 3 fully saturated rings. The van der Waals surface area contributed by atoms with Crippen LogP contribution in [0.3, 0.4) is 0 Å². The van der Waals surface area contributed by atoms with E-state index in [4.69, 9.17) is 0 Å². The van der Waals surface area contributed by atoms with E-state index in [9.17, 15) is 41.5 Å². The van der Waals surface area contributed by atoms with Crippen LogP contribution in [0.15, 0.2) is 18.2 Å². The first-order valence-corrected chi connectivity index (χ1v) is 11.5. The second-order valence-corrected chi connectivity index (χ2v) is 9.37. The number of carbonyl (C=O) groups is 5. The molecule has 4 N–H and O–H groups in total. The summed E-state index contributed by atoms with van der Waals surface area (Å²) in [6.45, 7) is 0.355. The van der Waals surface area contributed by atoms with Gasteiger partial charge >= 0.3 is 6.18 Å². The molecule has 3 aliphatic rings. The van der Waals surface area contributed by atoms with Gasteiger partial charge in [-0.1, -0.05) is 0 Å². The van der Waals surface area contributed by atoms with Crippen molar-refractivity contribution < 1.29 is 41.5 Å². The third kappa shape index (κ3) is 5.34.